The van der Waals surface area contributed by atoms with E-state index >= 15 is 0 Å². The maximum absolute atomic E-state index is 12.4. The van der Waals surface area contributed by atoms with Gasteiger partial charge in [-0.3, -0.25) is 9.78 Å². The Morgan fingerprint density at radius 3 is 2.65 bits per heavy atom. The molecule has 2 aromatic heterocycles. The first-order chi connectivity index (χ1) is 11.3. The highest BCUT2D eigenvalue weighted by Crippen LogP contribution is 2.18. The summed E-state index contributed by atoms with van der Waals surface area (Å²) >= 11 is 1.51. The number of likely N-dealkylation sites (tertiary alicyclic amines) is 1. The number of carbonyl (C=O) groups excluding carboxylic acids is 1. The number of carbonyl (C=O) groups is 1. The topological polar surface area (TPSA) is 51.0 Å². The highest BCUT2D eigenvalue weighted by molar-refractivity contribution is 7.99. The van der Waals surface area contributed by atoms with E-state index in [2.05, 4.69) is 9.97 Å². The van der Waals surface area contributed by atoms with E-state index in [-0.39, 0.29) is 5.91 Å². The Labute approximate surface area is 141 Å². The SMILES string of the molecule is O=C(CSc1nccn1Cc1ccccn1)N1CCCCCC1. The maximum atomic E-state index is 12.4. The minimum absolute atomic E-state index is 0.226. The summed E-state index contributed by atoms with van der Waals surface area (Å²) < 4.78 is 2.04. The predicted octanol–water partition coefficient (Wildman–Crippen LogP) is 2.82. The van der Waals surface area contributed by atoms with Crippen LogP contribution in [-0.4, -0.2) is 44.2 Å². The number of aromatic nitrogens is 3. The van der Waals surface area contributed by atoms with Gasteiger partial charge in [0, 0.05) is 31.7 Å². The van der Waals surface area contributed by atoms with Crippen molar-refractivity contribution in [3.05, 3.63) is 42.5 Å². The standard InChI is InChI=1S/C17H22N4OS/c22-16(20-10-5-1-2-6-11-20)14-23-17-19-9-12-21(17)13-15-7-3-4-8-18-15/h3-4,7-9,12H,1-2,5-6,10-11,13-14H2. The van der Waals surface area contributed by atoms with Gasteiger partial charge in [-0.25, -0.2) is 4.98 Å². The molecule has 0 radical (unpaired) electrons. The molecule has 0 spiro atoms. The molecule has 1 fully saturated rings. The van der Waals surface area contributed by atoms with Gasteiger partial charge in [0.05, 0.1) is 18.0 Å². The molecule has 0 aromatic carbocycles. The zero-order chi connectivity index (χ0) is 15.9. The molecule has 0 saturated carbocycles. The van der Waals surface area contributed by atoms with Gasteiger partial charge in [-0.15, -0.1) is 0 Å². The lowest BCUT2D eigenvalue weighted by Gasteiger charge is -2.19. The summed E-state index contributed by atoms with van der Waals surface area (Å²) in [6.45, 7) is 2.49. The molecule has 1 aliphatic rings. The van der Waals surface area contributed by atoms with E-state index in [0.29, 0.717) is 12.3 Å². The molecule has 23 heavy (non-hydrogen) atoms. The molecule has 3 heterocycles. The zero-order valence-electron chi connectivity index (χ0n) is 13.2. The number of rotatable bonds is 5. The Morgan fingerprint density at radius 1 is 1.09 bits per heavy atom. The van der Waals surface area contributed by atoms with E-state index < -0.39 is 0 Å². The van der Waals surface area contributed by atoms with Gasteiger partial charge in [-0.05, 0) is 25.0 Å². The Kier molecular flexibility index (Phi) is 5.69. The van der Waals surface area contributed by atoms with Crippen molar-refractivity contribution in [2.45, 2.75) is 37.4 Å². The smallest absolute Gasteiger partial charge is 0.233 e. The molecule has 0 unspecified atom stereocenters. The van der Waals surface area contributed by atoms with Crippen LogP contribution in [0.5, 0.6) is 0 Å². The number of amides is 1. The fourth-order valence-corrected chi connectivity index (χ4v) is 3.62. The van der Waals surface area contributed by atoms with Crippen LogP contribution in [0.4, 0.5) is 0 Å². The number of nitrogens with zero attached hydrogens (tertiary/aromatic N) is 4. The summed E-state index contributed by atoms with van der Waals surface area (Å²) in [5.74, 6) is 0.684. The predicted molar refractivity (Wildman–Crippen MR) is 91.3 cm³/mol. The molecule has 3 rings (SSSR count). The van der Waals surface area contributed by atoms with Crippen LogP contribution in [0.2, 0.25) is 0 Å². The van der Waals surface area contributed by atoms with Crippen LogP contribution in [0.3, 0.4) is 0 Å². The van der Waals surface area contributed by atoms with Gasteiger partial charge in [0.25, 0.3) is 0 Å². The second kappa shape index (κ2) is 8.15. The second-order valence-corrected chi connectivity index (χ2v) is 6.68. The zero-order valence-corrected chi connectivity index (χ0v) is 14.0. The molecular weight excluding hydrogens is 308 g/mol. The van der Waals surface area contributed by atoms with Crippen molar-refractivity contribution in [3.63, 3.8) is 0 Å². The van der Waals surface area contributed by atoms with Crippen LogP contribution in [0, 0.1) is 0 Å². The summed E-state index contributed by atoms with van der Waals surface area (Å²) in [5.41, 5.74) is 0.992. The van der Waals surface area contributed by atoms with Crippen molar-refractivity contribution in [1.82, 2.24) is 19.4 Å². The molecule has 1 aliphatic heterocycles. The number of hydrogen-bond donors (Lipinski definition) is 0. The molecule has 0 atom stereocenters. The first-order valence-corrected chi connectivity index (χ1v) is 9.13. The number of pyridine rings is 1. The molecule has 1 amide bonds. The number of thioether (sulfide) groups is 1. The Bertz CT molecular complexity index is 621. The van der Waals surface area contributed by atoms with Crippen LogP contribution in [0.25, 0.3) is 0 Å². The van der Waals surface area contributed by atoms with E-state index in [1.807, 2.05) is 33.9 Å². The van der Waals surface area contributed by atoms with Crippen molar-refractivity contribution in [2.24, 2.45) is 0 Å². The summed E-state index contributed by atoms with van der Waals surface area (Å²) in [6.07, 6.45) is 10.3. The highest BCUT2D eigenvalue weighted by atomic mass is 32.2. The fraction of sp³-hybridized carbons (Fsp3) is 0.471. The minimum Gasteiger partial charge on any atom is -0.342 e. The second-order valence-electron chi connectivity index (χ2n) is 5.74. The third kappa shape index (κ3) is 4.58. The van der Waals surface area contributed by atoms with Gasteiger partial charge >= 0.3 is 0 Å². The van der Waals surface area contributed by atoms with E-state index in [9.17, 15) is 4.79 Å². The van der Waals surface area contributed by atoms with Crippen LogP contribution in [0.15, 0.2) is 41.9 Å². The van der Waals surface area contributed by atoms with E-state index in [4.69, 9.17) is 0 Å². The third-order valence-corrected chi connectivity index (χ3v) is 5.01. The van der Waals surface area contributed by atoms with E-state index in [1.165, 1.54) is 24.6 Å². The van der Waals surface area contributed by atoms with Gasteiger partial charge in [0.1, 0.15) is 0 Å². The molecular formula is C17H22N4OS. The van der Waals surface area contributed by atoms with Crippen LogP contribution < -0.4 is 0 Å². The Hall–Kier alpha value is -1.82. The lowest BCUT2D eigenvalue weighted by atomic mass is 10.2. The highest BCUT2D eigenvalue weighted by Gasteiger charge is 2.16. The molecule has 6 heteroatoms. The Morgan fingerprint density at radius 2 is 1.91 bits per heavy atom. The van der Waals surface area contributed by atoms with Gasteiger partial charge in [-0.2, -0.15) is 0 Å². The van der Waals surface area contributed by atoms with E-state index in [0.717, 1.165) is 36.8 Å². The molecule has 1 saturated heterocycles. The van der Waals surface area contributed by atoms with Gasteiger partial charge < -0.3 is 9.47 Å². The fourth-order valence-electron chi connectivity index (χ4n) is 2.76. The van der Waals surface area contributed by atoms with Crippen molar-refractivity contribution in [3.8, 4) is 0 Å². The summed E-state index contributed by atoms with van der Waals surface area (Å²) in [6, 6.07) is 5.89. The monoisotopic (exact) mass is 330 g/mol. The average Bonchev–Trinajstić information content (AvgIpc) is 2.84. The third-order valence-electron chi connectivity index (χ3n) is 4.02. The average molecular weight is 330 g/mol. The van der Waals surface area contributed by atoms with E-state index in [1.54, 1.807) is 12.4 Å². The summed E-state index contributed by atoms with van der Waals surface area (Å²) in [7, 11) is 0. The quantitative estimate of drug-likeness (QED) is 0.791. The van der Waals surface area contributed by atoms with Crippen molar-refractivity contribution < 1.29 is 4.79 Å². The van der Waals surface area contributed by atoms with Gasteiger partial charge in [0.15, 0.2) is 5.16 Å². The van der Waals surface area contributed by atoms with Crippen molar-refractivity contribution >= 4 is 17.7 Å². The molecule has 0 aliphatic carbocycles. The molecule has 5 nitrogen and oxygen atoms in total. The van der Waals surface area contributed by atoms with Crippen LogP contribution >= 0.6 is 11.8 Å². The summed E-state index contributed by atoms with van der Waals surface area (Å²) in [4.78, 5) is 23.1. The first kappa shape index (κ1) is 16.1. The van der Waals surface area contributed by atoms with Crippen LogP contribution in [0.1, 0.15) is 31.4 Å². The summed E-state index contributed by atoms with van der Waals surface area (Å²) in [5, 5.41) is 0.874. The lowest BCUT2D eigenvalue weighted by Crippen LogP contribution is -2.33. The lowest BCUT2D eigenvalue weighted by molar-refractivity contribution is -0.128. The molecule has 0 N–H and O–H groups in total. The van der Waals surface area contributed by atoms with Crippen molar-refractivity contribution in [2.75, 3.05) is 18.8 Å². The molecule has 2 aromatic rings. The van der Waals surface area contributed by atoms with Gasteiger partial charge in [-0.1, -0.05) is 30.7 Å². The number of hydrogen-bond acceptors (Lipinski definition) is 4. The minimum atomic E-state index is 0.226. The largest absolute Gasteiger partial charge is 0.342 e. The molecule has 0 bridgehead atoms. The Balaban J connectivity index is 1.56. The first-order valence-electron chi connectivity index (χ1n) is 8.14. The van der Waals surface area contributed by atoms with Crippen LogP contribution in [-0.2, 0) is 11.3 Å². The normalized spacial score (nSPS) is 15.4. The van der Waals surface area contributed by atoms with Gasteiger partial charge in [0.2, 0.25) is 5.91 Å². The maximum Gasteiger partial charge on any atom is 0.233 e. The molecule has 122 valence electrons. The number of imidazole rings is 1. The van der Waals surface area contributed by atoms with Crippen molar-refractivity contribution in [1.29, 1.82) is 0 Å².